The normalized spacial score (nSPS) is 10.9. The molecule has 0 bridgehead atoms. The van der Waals surface area contributed by atoms with Crippen LogP contribution in [0.25, 0.3) is 0 Å². The average Bonchev–Trinajstić information content (AvgIpc) is 2.09. The molecule has 0 fully saturated rings. The van der Waals surface area contributed by atoms with Gasteiger partial charge in [0.15, 0.2) is 0 Å². The van der Waals surface area contributed by atoms with Gasteiger partial charge in [-0.2, -0.15) is 0 Å². The first kappa shape index (κ1) is 11.1. The lowest BCUT2D eigenvalue weighted by Crippen LogP contribution is -2.01. The van der Waals surface area contributed by atoms with Crippen LogP contribution >= 0.6 is 34.2 Å². The molecule has 0 radical (unpaired) electrons. The molecule has 13 heavy (non-hydrogen) atoms. The molecule has 0 atom stereocenters. The molecule has 0 amide bonds. The molecule has 0 saturated heterocycles. The molecule has 0 aliphatic heterocycles. The molecule has 0 saturated carbocycles. The zero-order valence-electron chi connectivity index (χ0n) is 6.27. The van der Waals surface area contributed by atoms with Crippen LogP contribution in [0, 0.1) is 3.57 Å². The number of aliphatic hydroxyl groups is 1. The number of rotatable bonds is 2. The molecule has 0 spiro atoms. The SMILES string of the molecule is OCc1c(C(F)F)ncc(Cl)c1I. The van der Waals surface area contributed by atoms with Crippen molar-refractivity contribution in [3.8, 4) is 0 Å². The van der Waals surface area contributed by atoms with Gasteiger partial charge in [-0.3, -0.25) is 4.98 Å². The van der Waals surface area contributed by atoms with Crippen molar-refractivity contribution in [3.63, 3.8) is 0 Å². The maximum Gasteiger partial charge on any atom is 0.280 e. The molecule has 6 heteroatoms. The van der Waals surface area contributed by atoms with Crippen molar-refractivity contribution < 1.29 is 13.9 Å². The van der Waals surface area contributed by atoms with Crippen molar-refractivity contribution in [1.82, 2.24) is 4.98 Å². The van der Waals surface area contributed by atoms with Gasteiger partial charge in [-0.25, -0.2) is 8.78 Å². The van der Waals surface area contributed by atoms with Gasteiger partial charge in [0.2, 0.25) is 0 Å². The number of aromatic nitrogens is 1. The second-order valence-electron chi connectivity index (χ2n) is 2.24. The van der Waals surface area contributed by atoms with Crippen LogP contribution in [0.4, 0.5) is 8.78 Å². The van der Waals surface area contributed by atoms with E-state index in [-0.39, 0.29) is 10.6 Å². The summed E-state index contributed by atoms with van der Waals surface area (Å²) in [5.74, 6) is 0. The fourth-order valence-corrected chi connectivity index (χ4v) is 1.60. The molecule has 0 aromatic carbocycles. The van der Waals surface area contributed by atoms with E-state index >= 15 is 0 Å². The Morgan fingerprint density at radius 3 is 2.69 bits per heavy atom. The summed E-state index contributed by atoms with van der Waals surface area (Å²) in [7, 11) is 0. The summed E-state index contributed by atoms with van der Waals surface area (Å²) in [5.41, 5.74) is -0.306. The van der Waals surface area contributed by atoms with Crippen LogP contribution in [0.2, 0.25) is 5.02 Å². The second-order valence-corrected chi connectivity index (χ2v) is 3.73. The zero-order valence-corrected chi connectivity index (χ0v) is 9.18. The molecule has 2 nitrogen and oxygen atoms in total. The van der Waals surface area contributed by atoms with Crippen LogP contribution in [0.3, 0.4) is 0 Å². The molecule has 1 rings (SSSR count). The second kappa shape index (κ2) is 4.47. The lowest BCUT2D eigenvalue weighted by molar-refractivity contribution is 0.141. The van der Waals surface area contributed by atoms with Crippen LogP contribution in [0.5, 0.6) is 0 Å². The standard InChI is InChI=1S/C7H5ClF2INO/c8-4-1-12-6(7(9)10)3(2-13)5(4)11/h1,7,13H,2H2. The van der Waals surface area contributed by atoms with E-state index in [4.69, 9.17) is 16.7 Å². The van der Waals surface area contributed by atoms with E-state index in [1.807, 2.05) is 0 Å². The Morgan fingerprint density at radius 1 is 1.62 bits per heavy atom. The van der Waals surface area contributed by atoms with Crippen LogP contribution in [0.1, 0.15) is 17.7 Å². The highest BCUT2D eigenvalue weighted by Crippen LogP contribution is 2.28. The molecular weight excluding hydrogens is 314 g/mol. The van der Waals surface area contributed by atoms with E-state index in [1.165, 1.54) is 0 Å². The van der Waals surface area contributed by atoms with Crippen LogP contribution in [0.15, 0.2) is 6.20 Å². The van der Waals surface area contributed by atoms with Crippen molar-refractivity contribution in [2.45, 2.75) is 13.0 Å². The largest absolute Gasteiger partial charge is 0.392 e. The first-order valence-corrected chi connectivity index (χ1v) is 4.75. The van der Waals surface area contributed by atoms with Gasteiger partial charge in [0.1, 0.15) is 5.69 Å². The van der Waals surface area contributed by atoms with E-state index < -0.39 is 18.7 Å². The van der Waals surface area contributed by atoms with E-state index in [2.05, 4.69) is 4.98 Å². The molecule has 1 heterocycles. The number of aliphatic hydroxyl groups excluding tert-OH is 1. The van der Waals surface area contributed by atoms with E-state index in [0.29, 0.717) is 3.57 Å². The molecule has 0 aliphatic rings. The number of halogens is 4. The summed E-state index contributed by atoms with van der Waals surface area (Å²) >= 11 is 7.44. The van der Waals surface area contributed by atoms with Gasteiger partial charge in [0.25, 0.3) is 6.43 Å². The van der Waals surface area contributed by atoms with Gasteiger partial charge >= 0.3 is 0 Å². The number of nitrogens with zero attached hydrogens (tertiary/aromatic N) is 1. The predicted octanol–water partition coefficient (Wildman–Crippen LogP) is 2.77. The Bertz CT molecular complexity index is 322. The molecule has 72 valence electrons. The van der Waals surface area contributed by atoms with Gasteiger partial charge in [-0.15, -0.1) is 0 Å². The summed E-state index contributed by atoms with van der Waals surface area (Å²) < 4.78 is 25.0. The highest BCUT2D eigenvalue weighted by molar-refractivity contribution is 14.1. The lowest BCUT2D eigenvalue weighted by Gasteiger charge is -2.08. The maximum absolute atomic E-state index is 12.3. The van der Waals surface area contributed by atoms with E-state index in [9.17, 15) is 8.78 Å². The van der Waals surface area contributed by atoms with Crippen LogP contribution in [-0.4, -0.2) is 10.1 Å². The molecular formula is C7H5ClF2INO. The van der Waals surface area contributed by atoms with E-state index in [1.54, 1.807) is 22.6 Å². The predicted molar refractivity (Wildman–Crippen MR) is 52.8 cm³/mol. The van der Waals surface area contributed by atoms with Gasteiger partial charge < -0.3 is 5.11 Å². The minimum Gasteiger partial charge on any atom is -0.392 e. The number of hydrogen-bond acceptors (Lipinski definition) is 2. The Hall–Kier alpha value is -0.0100. The Morgan fingerprint density at radius 2 is 2.23 bits per heavy atom. The van der Waals surface area contributed by atoms with Crippen LogP contribution in [-0.2, 0) is 6.61 Å². The fourth-order valence-electron chi connectivity index (χ4n) is 0.856. The van der Waals surface area contributed by atoms with Crippen LogP contribution < -0.4 is 0 Å². The minimum atomic E-state index is -2.69. The zero-order chi connectivity index (χ0) is 10.0. The first-order chi connectivity index (χ1) is 6.07. The third-order valence-electron chi connectivity index (χ3n) is 1.47. The summed E-state index contributed by atoms with van der Waals surface area (Å²) in [6.45, 7) is -0.481. The van der Waals surface area contributed by atoms with Crippen molar-refractivity contribution in [2.24, 2.45) is 0 Å². The molecule has 1 aromatic rings. The average molecular weight is 319 g/mol. The fraction of sp³-hybridized carbons (Fsp3) is 0.286. The first-order valence-electron chi connectivity index (χ1n) is 3.29. The number of hydrogen-bond donors (Lipinski definition) is 1. The van der Waals surface area contributed by atoms with Crippen molar-refractivity contribution in [3.05, 3.63) is 26.0 Å². The number of alkyl halides is 2. The number of pyridine rings is 1. The van der Waals surface area contributed by atoms with Crippen molar-refractivity contribution in [2.75, 3.05) is 0 Å². The summed E-state index contributed by atoms with van der Waals surface area (Å²) in [4.78, 5) is 3.46. The van der Waals surface area contributed by atoms with Crippen molar-refractivity contribution in [1.29, 1.82) is 0 Å². The smallest absolute Gasteiger partial charge is 0.280 e. The third-order valence-corrected chi connectivity index (χ3v) is 3.30. The van der Waals surface area contributed by atoms with Gasteiger partial charge in [0, 0.05) is 15.3 Å². The topological polar surface area (TPSA) is 33.1 Å². The summed E-state index contributed by atoms with van der Waals surface area (Å²) in [6, 6.07) is 0. The Balaban J connectivity index is 3.30. The summed E-state index contributed by atoms with van der Waals surface area (Å²) in [6.07, 6.45) is -1.53. The minimum absolute atomic E-state index is 0.100. The summed E-state index contributed by atoms with van der Waals surface area (Å²) in [5, 5.41) is 9.11. The quantitative estimate of drug-likeness (QED) is 0.850. The molecule has 0 aliphatic carbocycles. The third kappa shape index (κ3) is 2.26. The van der Waals surface area contributed by atoms with E-state index in [0.717, 1.165) is 6.20 Å². The van der Waals surface area contributed by atoms with Gasteiger partial charge in [-0.05, 0) is 22.6 Å². The Kier molecular flexibility index (Phi) is 3.81. The monoisotopic (exact) mass is 319 g/mol. The van der Waals surface area contributed by atoms with Crippen molar-refractivity contribution >= 4 is 34.2 Å². The molecule has 1 N–H and O–H groups in total. The lowest BCUT2D eigenvalue weighted by atomic mass is 10.2. The van der Waals surface area contributed by atoms with Gasteiger partial charge in [-0.1, -0.05) is 11.6 Å². The Labute approximate surface area is 92.1 Å². The van der Waals surface area contributed by atoms with Gasteiger partial charge in [0.05, 0.1) is 11.6 Å². The molecule has 0 unspecified atom stereocenters. The molecule has 1 aromatic heterocycles. The highest BCUT2D eigenvalue weighted by atomic mass is 127. The highest BCUT2D eigenvalue weighted by Gasteiger charge is 2.18. The maximum atomic E-state index is 12.3.